The second-order valence-corrected chi connectivity index (χ2v) is 11.9. The van der Waals surface area contributed by atoms with Crippen LogP contribution in [0.4, 0.5) is 0 Å². The van der Waals surface area contributed by atoms with E-state index in [0.29, 0.717) is 21.2 Å². The minimum absolute atomic E-state index is 0.0713. The van der Waals surface area contributed by atoms with E-state index in [4.69, 9.17) is 16.6 Å². The van der Waals surface area contributed by atoms with Crippen molar-refractivity contribution in [3.63, 3.8) is 0 Å². The summed E-state index contributed by atoms with van der Waals surface area (Å²) >= 11 is 7.50. The zero-order chi connectivity index (χ0) is 27.1. The van der Waals surface area contributed by atoms with Crippen molar-refractivity contribution in [2.75, 3.05) is 13.1 Å². The maximum atomic E-state index is 13.4. The summed E-state index contributed by atoms with van der Waals surface area (Å²) < 4.78 is 2.26. The Labute approximate surface area is 241 Å². The van der Waals surface area contributed by atoms with Crippen molar-refractivity contribution in [3.05, 3.63) is 124 Å². The first-order valence-corrected chi connectivity index (χ1v) is 14.7. The standard InChI is InChI=1S/C33H27ClN4OS/c34-26-9-6-24(7-10-26)31-19-30-32(40-31)33(39)38(21-35-30)28-12-13-29-25(18-28)8-11-27(36-29)20-37-16-14-23(15-17-37)22-4-2-1-3-5-22/h1-13,18-19,21,23H,14-17,20H2. The molecule has 7 rings (SSSR count). The molecule has 0 spiro atoms. The van der Waals surface area contributed by atoms with Gasteiger partial charge >= 0.3 is 0 Å². The Morgan fingerprint density at radius 1 is 0.875 bits per heavy atom. The zero-order valence-corrected chi connectivity index (χ0v) is 23.4. The van der Waals surface area contributed by atoms with Crippen LogP contribution in [0.2, 0.25) is 5.02 Å². The van der Waals surface area contributed by atoms with Gasteiger partial charge < -0.3 is 0 Å². The maximum absolute atomic E-state index is 13.4. The molecule has 0 N–H and O–H groups in total. The molecule has 1 aliphatic rings. The van der Waals surface area contributed by atoms with E-state index < -0.39 is 0 Å². The smallest absolute Gasteiger partial charge is 0.275 e. The van der Waals surface area contributed by atoms with E-state index in [1.807, 2.05) is 48.5 Å². The van der Waals surface area contributed by atoms with Crippen LogP contribution >= 0.6 is 22.9 Å². The largest absolute Gasteiger partial charge is 0.297 e. The van der Waals surface area contributed by atoms with Crippen LogP contribution in [-0.4, -0.2) is 32.5 Å². The van der Waals surface area contributed by atoms with Gasteiger partial charge in [0, 0.05) is 21.8 Å². The Morgan fingerprint density at radius 3 is 2.48 bits per heavy atom. The van der Waals surface area contributed by atoms with Crippen LogP contribution in [0.15, 0.2) is 102 Å². The highest BCUT2D eigenvalue weighted by molar-refractivity contribution is 7.22. The molecule has 1 aliphatic heterocycles. The number of rotatable bonds is 5. The molecule has 0 atom stereocenters. The average molecular weight is 563 g/mol. The highest BCUT2D eigenvalue weighted by Crippen LogP contribution is 2.32. The number of nitrogens with zero attached hydrogens (tertiary/aromatic N) is 4. The van der Waals surface area contributed by atoms with E-state index >= 15 is 0 Å². The third-order valence-electron chi connectivity index (χ3n) is 7.82. The Kier molecular flexibility index (Phi) is 6.68. The zero-order valence-electron chi connectivity index (χ0n) is 21.8. The van der Waals surface area contributed by atoms with E-state index in [0.717, 1.165) is 52.4 Å². The number of aromatic nitrogens is 3. The van der Waals surface area contributed by atoms with Crippen LogP contribution in [0.3, 0.4) is 0 Å². The number of hydrogen-bond acceptors (Lipinski definition) is 5. The number of piperidine rings is 1. The second-order valence-electron chi connectivity index (χ2n) is 10.4. The van der Waals surface area contributed by atoms with E-state index in [1.54, 1.807) is 10.9 Å². The second kappa shape index (κ2) is 10.6. The maximum Gasteiger partial charge on any atom is 0.275 e. The van der Waals surface area contributed by atoms with Gasteiger partial charge in [0.2, 0.25) is 0 Å². The lowest BCUT2D eigenvalue weighted by Crippen LogP contribution is -2.32. The fourth-order valence-corrected chi connectivity index (χ4v) is 6.80. The summed E-state index contributed by atoms with van der Waals surface area (Å²) in [5.41, 5.74) is 5.90. The third kappa shape index (κ3) is 4.94. The summed E-state index contributed by atoms with van der Waals surface area (Å²) in [6.45, 7) is 3.02. The van der Waals surface area contributed by atoms with Crippen LogP contribution < -0.4 is 5.56 Å². The van der Waals surface area contributed by atoms with Gasteiger partial charge in [-0.25, -0.2) is 4.98 Å². The first kappa shape index (κ1) is 25.1. The number of likely N-dealkylation sites (tertiary alicyclic amines) is 1. The highest BCUT2D eigenvalue weighted by atomic mass is 35.5. The molecular formula is C33H27ClN4OS. The quantitative estimate of drug-likeness (QED) is 0.216. The number of pyridine rings is 1. The molecule has 0 radical (unpaired) electrons. The fraction of sp³-hybridized carbons (Fsp3) is 0.182. The van der Waals surface area contributed by atoms with Crippen molar-refractivity contribution in [3.8, 4) is 16.1 Å². The summed E-state index contributed by atoms with van der Waals surface area (Å²) in [7, 11) is 0. The Hall–Kier alpha value is -3.84. The van der Waals surface area contributed by atoms with E-state index in [-0.39, 0.29) is 5.56 Å². The monoisotopic (exact) mass is 562 g/mol. The minimum atomic E-state index is -0.0713. The first-order chi connectivity index (χ1) is 19.6. The van der Waals surface area contributed by atoms with E-state index in [9.17, 15) is 4.79 Å². The van der Waals surface area contributed by atoms with Crippen molar-refractivity contribution in [1.29, 1.82) is 0 Å². The molecule has 0 saturated carbocycles. The van der Waals surface area contributed by atoms with Gasteiger partial charge in [0.1, 0.15) is 11.0 Å². The van der Waals surface area contributed by atoms with Crippen molar-refractivity contribution >= 4 is 44.1 Å². The lowest BCUT2D eigenvalue weighted by atomic mass is 9.89. The molecule has 6 aromatic rings. The van der Waals surface area contributed by atoms with Crippen LogP contribution in [0, 0.1) is 0 Å². The lowest BCUT2D eigenvalue weighted by molar-refractivity contribution is 0.203. The first-order valence-electron chi connectivity index (χ1n) is 13.6. The molecule has 198 valence electrons. The van der Waals surface area contributed by atoms with Crippen molar-refractivity contribution in [2.45, 2.75) is 25.3 Å². The van der Waals surface area contributed by atoms with Gasteiger partial charge in [0.25, 0.3) is 5.56 Å². The third-order valence-corrected chi connectivity index (χ3v) is 9.23. The molecule has 1 fully saturated rings. The number of thiophene rings is 1. The number of hydrogen-bond donors (Lipinski definition) is 0. The van der Waals surface area contributed by atoms with Gasteiger partial charge in [-0.2, -0.15) is 0 Å². The summed E-state index contributed by atoms with van der Waals surface area (Å²) in [5.74, 6) is 0.649. The van der Waals surface area contributed by atoms with E-state index in [1.165, 1.54) is 29.7 Å². The van der Waals surface area contributed by atoms with Gasteiger partial charge in [-0.3, -0.25) is 19.2 Å². The molecule has 7 heteroatoms. The molecule has 0 aliphatic carbocycles. The molecular weight excluding hydrogens is 536 g/mol. The number of fused-ring (bicyclic) bond motifs is 2. The van der Waals surface area contributed by atoms with Gasteiger partial charge in [-0.05, 0) is 85.4 Å². The number of halogens is 1. The van der Waals surface area contributed by atoms with Gasteiger partial charge in [0.05, 0.1) is 22.4 Å². The van der Waals surface area contributed by atoms with Gasteiger partial charge in [0.15, 0.2) is 0 Å². The SMILES string of the molecule is O=c1c2sc(-c3ccc(Cl)cc3)cc2ncn1-c1ccc2nc(CN3CCC(c4ccccc4)CC3)ccc2c1. The predicted octanol–water partition coefficient (Wildman–Crippen LogP) is 7.70. The molecule has 3 aromatic heterocycles. The molecule has 3 aromatic carbocycles. The van der Waals surface area contributed by atoms with Gasteiger partial charge in [-0.1, -0.05) is 60.1 Å². The van der Waals surface area contributed by atoms with Crippen molar-refractivity contribution < 1.29 is 0 Å². The Morgan fingerprint density at radius 2 is 1.68 bits per heavy atom. The van der Waals surface area contributed by atoms with Crippen LogP contribution in [0.25, 0.3) is 37.2 Å². The summed E-state index contributed by atoms with van der Waals surface area (Å²) in [6.07, 6.45) is 3.98. The molecule has 0 unspecified atom stereocenters. The molecule has 1 saturated heterocycles. The van der Waals surface area contributed by atoms with Crippen LogP contribution in [-0.2, 0) is 6.54 Å². The van der Waals surface area contributed by atoms with Gasteiger partial charge in [-0.15, -0.1) is 11.3 Å². The normalized spacial score (nSPS) is 14.7. The summed E-state index contributed by atoms with van der Waals surface area (Å²) in [6, 6.07) is 30.6. The summed E-state index contributed by atoms with van der Waals surface area (Å²) in [4.78, 5) is 26.5. The molecule has 5 nitrogen and oxygen atoms in total. The van der Waals surface area contributed by atoms with Crippen LogP contribution in [0.1, 0.15) is 30.0 Å². The lowest BCUT2D eigenvalue weighted by Gasteiger charge is -2.32. The topological polar surface area (TPSA) is 51.0 Å². The Balaban J connectivity index is 1.10. The highest BCUT2D eigenvalue weighted by Gasteiger charge is 2.21. The minimum Gasteiger partial charge on any atom is -0.297 e. The molecule has 0 amide bonds. The molecule has 40 heavy (non-hydrogen) atoms. The fourth-order valence-electron chi connectivity index (χ4n) is 5.62. The number of benzene rings is 3. The van der Waals surface area contributed by atoms with Crippen LogP contribution in [0.5, 0.6) is 0 Å². The van der Waals surface area contributed by atoms with Crippen molar-refractivity contribution in [1.82, 2.24) is 19.4 Å². The predicted molar refractivity (Wildman–Crippen MR) is 165 cm³/mol. The van der Waals surface area contributed by atoms with E-state index in [2.05, 4.69) is 52.3 Å². The molecule has 0 bridgehead atoms. The molecule has 4 heterocycles. The average Bonchev–Trinajstić information content (AvgIpc) is 3.44. The Bertz CT molecular complexity index is 1870. The summed E-state index contributed by atoms with van der Waals surface area (Å²) in [5, 5.41) is 1.69. The van der Waals surface area contributed by atoms with Crippen molar-refractivity contribution in [2.24, 2.45) is 0 Å².